The minimum Gasteiger partial charge on any atom is -0.290 e. The Morgan fingerprint density at radius 2 is 1.72 bits per heavy atom. The van der Waals surface area contributed by atoms with Crippen LogP contribution in [0.2, 0.25) is 20.1 Å². The normalized spacial score (nSPS) is 10.7. The van der Waals surface area contributed by atoms with Gasteiger partial charge in [0.05, 0.1) is 16.9 Å². The standard InChI is InChI=1S/C15H8Cl4N4OS/c16-8-1-2-12(19)14(6-8)25-21-15(24)13-7-23(22-20-13)11-4-9(17)3-10(18)5-11/h1-7H,(H,21,24). The van der Waals surface area contributed by atoms with E-state index in [9.17, 15) is 4.79 Å². The number of amides is 1. The van der Waals surface area contributed by atoms with Crippen molar-refractivity contribution in [3.63, 3.8) is 0 Å². The molecule has 5 nitrogen and oxygen atoms in total. The largest absolute Gasteiger partial charge is 0.290 e. The van der Waals surface area contributed by atoms with Crippen molar-refractivity contribution in [2.75, 3.05) is 0 Å². The molecule has 0 spiro atoms. The number of hydrogen-bond acceptors (Lipinski definition) is 4. The Morgan fingerprint density at radius 1 is 1.00 bits per heavy atom. The lowest BCUT2D eigenvalue weighted by molar-refractivity contribution is 0.0979. The molecule has 1 aromatic heterocycles. The van der Waals surface area contributed by atoms with Gasteiger partial charge in [0.2, 0.25) is 0 Å². The summed E-state index contributed by atoms with van der Waals surface area (Å²) in [5.74, 6) is -0.430. The maximum absolute atomic E-state index is 12.2. The first-order valence-corrected chi connectivity index (χ1v) is 9.06. The van der Waals surface area contributed by atoms with Crippen molar-refractivity contribution >= 4 is 64.3 Å². The number of nitrogens with one attached hydrogen (secondary N) is 1. The van der Waals surface area contributed by atoms with E-state index < -0.39 is 5.91 Å². The molecule has 2 aromatic carbocycles. The molecule has 1 amide bonds. The van der Waals surface area contributed by atoms with Gasteiger partial charge < -0.3 is 0 Å². The lowest BCUT2D eigenvalue weighted by Crippen LogP contribution is -2.16. The zero-order valence-corrected chi connectivity index (χ0v) is 16.1. The Kier molecular flexibility index (Phi) is 5.76. The number of benzene rings is 2. The van der Waals surface area contributed by atoms with Crippen LogP contribution in [0.3, 0.4) is 0 Å². The van der Waals surface area contributed by atoms with Crippen molar-refractivity contribution in [3.05, 3.63) is 68.4 Å². The van der Waals surface area contributed by atoms with Crippen LogP contribution in [0.4, 0.5) is 0 Å². The van der Waals surface area contributed by atoms with Gasteiger partial charge in [-0.25, -0.2) is 4.68 Å². The summed E-state index contributed by atoms with van der Waals surface area (Å²) in [4.78, 5) is 12.8. The number of aromatic nitrogens is 3. The van der Waals surface area contributed by atoms with Crippen LogP contribution in [-0.4, -0.2) is 20.9 Å². The van der Waals surface area contributed by atoms with E-state index in [1.807, 2.05) is 0 Å². The zero-order valence-electron chi connectivity index (χ0n) is 12.2. The van der Waals surface area contributed by atoms with E-state index in [0.717, 1.165) is 11.9 Å². The summed E-state index contributed by atoms with van der Waals surface area (Å²) in [7, 11) is 0. The van der Waals surface area contributed by atoms with Crippen LogP contribution in [-0.2, 0) is 0 Å². The third kappa shape index (κ3) is 4.59. The van der Waals surface area contributed by atoms with Crippen molar-refractivity contribution in [3.8, 4) is 5.69 Å². The van der Waals surface area contributed by atoms with Gasteiger partial charge in [0.25, 0.3) is 5.91 Å². The molecule has 0 saturated carbocycles. The Bertz CT molecular complexity index is 927. The topological polar surface area (TPSA) is 59.8 Å². The van der Waals surface area contributed by atoms with Crippen LogP contribution in [0.15, 0.2) is 47.5 Å². The van der Waals surface area contributed by atoms with Crippen LogP contribution in [0.1, 0.15) is 10.5 Å². The van der Waals surface area contributed by atoms with Gasteiger partial charge in [0.15, 0.2) is 5.69 Å². The second-order valence-corrected chi connectivity index (χ2v) is 7.35. The number of nitrogens with zero attached hydrogens (tertiary/aromatic N) is 3. The minimum atomic E-state index is -0.430. The molecule has 0 aliphatic rings. The lowest BCUT2D eigenvalue weighted by atomic mass is 10.3. The van der Waals surface area contributed by atoms with E-state index in [1.165, 1.54) is 10.9 Å². The van der Waals surface area contributed by atoms with Crippen molar-refractivity contribution in [1.29, 1.82) is 0 Å². The summed E-state index contributed by atoms with van der Waals surface area (Å²) in [6.07, 6.45) is 1.47. The van der Waals surface area contributed by atoms with Crippen LogP contribution < -0.4 is 4.72 Å². The number of halogens is 4. The van der Waals surface area contributed by atoms with E-state index >= 15 is 0 Å². The second kappa shape index (κ2) is 7.85. The predicted octanol–water partition coefficient (Wildman–Crippen LogP) is 5.32. The molecule has 0 bridgehead atoms. The summed E-state index contributed by atoms with van der Waals surface area (Å²) >= 11 is 24.9. The van der Waals surface area contributed by atoms with Crippen molar-refractivity contribution in [2.24, 2.45) is 0 Å². The molecule has 0 aliphatic carbocycles. The molecular formula is C15H8Cl4N4OS. The highest BCUT2D eigenvalue weighted by Crippen LogP contribution is 2.28. The zero-order chi connectivity index (χ0) is 18.0. The fraction of sp³-hybridized carbons (Fsp3) is 0. The minimum absolute atomic E-state index is 0.127. The Hall–Kier alpha value is -1.44. The quantitative estimate of drug-likeness (QED) is 0.565. The highest BCUT2D eigenvalue weighted by Gasteiger charge is 2.13. The average Bonchev–Trinajstić information content (AvgIpc) is 3.04. The molecule has 1 N–H and O–H groups in total. The summed E-state index contributed by atoms with van der Waals surface area (Å²) in [5.41, 5.74) is 0.719. The molecule has 128 valence electrons. The molecule has 25 heavy (non-hydrogen) atoms. The maximum atomic E-state index is 12.2. The van der Waals surface area contributed by atoms with Gasteiger partial charge in [-0.1, -0.05) is 51.6 Å². The lowest BCUT2D eigenvalue weighted by Gasteiger charge is -2.04. The molecular weight excluding hydrogens is 426 g/mol. The molecule has 0 aliphatic heterocycles. The van der Waals surface area contributed by atoms with E-state index in [0.29, 0.717) is 30.7 Å². The first-order valence-electron chi connectivity index (χ1n) is 6.73. The fourth-order valence-corrected chi connectivity index (χ4v) is 3.52. The van der Waals surface area contributed by atoms with Crippen LogP contribution >= 0.6 is 58.4 Å². The summed E-state index contributed by atoms with van der Waals surface area (Å²) in [6, 6.07) is 9.88. The molecule has 3 rings (SSSR count). The molecule has 0 atom stereocenters. The van der Waals surface area contributed by atoms with Crippen molar-refractivity contribution in [1.82, 2.24) is 19.7 Å². The monoisotopic (exact) mass is 432 g/mol. The molecule has 10 heteroatoms. The van der Waals surface area contributed by atoms with Gasteiger partial charge >= 0.3 is 0 Å². The van der Waals surface area contributed by atoms with E-state index in [4.69, 9.17) is 46.4 Å². The third-order valence-corrected chi connectivity index (χ3v) is 4.94. The molecule has 3 aromatic rings. The van der Waals surface area contributed by atoms with E-state index in [2.05, 4.69) is 15.0 Å². The number of hydrogen-bond donors (Lipinski definition) is 1. The summed E-state index contributed by atoms with van der Waals surface area (Å²) in [5, 5.41) is 9.66. The number of carbonyl (C=O) groups excluding carboxylic acids is 1. The van der Waals surface area contributed by atoms with Crippen molar-refractivity contribution < 1.29 is 4.79 Å². The molecule has 0 fully saturated rings. The maximum Gasteiger partial charge on any atom is 0.283 e. The molecule has 0 radical (unpaired) electrons. The second-order valence-electron chi connectivity index (χ2n) is 4.78. The van der Waals surface area contributed by atoms with Crippen LogP contribution in [0.5, 0.6) is 0 Å². The van der Waals surface area contributed by atoms with Gasteiger partial charge in [-0.05, 0) is 48.3 Å². The van der Waals surface area contributed by atoms with Gasteiger partial charge in [-0.3, -0.25) is 9.52 Å². The van der Waals surface area contributed by atoms with Gasteiger partial charge in [-0.2, -0.15) is 0 Å². The summed E-state index contributed by atoms with van der Waals surface area (Å²) in [6.45, 7) is 0. The summed E-state index contributed by atoms with van der Waals surface area (Å²) < 4.78 is 4.04. The third-order valence-electron chi connectivity index (χ3n) is 2.98. The van der Waals surface area contributed by atoms with Gasteiger partial charge in [0.1, 0.15) is 0 Å². The number of carbonyl (C=O) groups is 1. The Balaban J connectivity index is 1.73. The first kappa shape index (κ1) is 18.4. The molecule has 0 saturated heterocycles. The molecule has 1 heterocycles. The predicted molar refractivity (Wildman–Crippen MR) is 101 cm³/mol. The van der Waals surface area contributed by atoms with E-state index in [1.54, 1.807) is 36.4 Å². The average molecular weight is 434 g/mol. The highest BCUT2D eigenvalue weighted by molar-refractivity contribution is 7.98. The Labute approximate surface area is 167 Å². The Morgan fingerprint density at radius 3 is 2.44 bits per heavy atom. The number of rotatable bonds is 4. The van der Waals surface area contributed by atoms with Crippen molar-refractivity contribution in [2.45, 2.75) is 4.90 Å². The van der Waals surface area contributed by atoms with Crippen LogP contribution in [0.25, 0.3) is 5.69 Å². The van der Waals surface area contributed by atoms with Gasteiger partial charge in [-0.15, -0.1) is 5.10 Å². The highest BCUT2D eigenvalue weighted by atomic mass is 35.5. The fourth-order valence-electron chi connectivity index (χ4n) is 1.87. The first-order chi connectivity index (χ1) is 11.9. The molecule has 0 unspecified atom stereocenters. The SMILES string of the molecule is O=C(NSc1cc(Cl)ccc1Cl)c1cn(-c2cc(Cl)cc(Cl)c2)nn1. The van der Waals surface area contributed by atoms with Crippen LogP contribution in [0, 0.1) is 0 Å². The van der Waals surface area contributed by atoms with E-state index in [-0.39, 0.29) is 5.69 Å². The smallest absolute Gasteiger partial charge is 0.283 e. The van der Waals surface area contributed by atoms with Gasteiger partial charge in [0, 0.05) is 20.0 Å².